The molecule has 0 aliphatic carbocycles. The van der Waals surface area contributed by atoms with Gasteiger partial charge in [0.15, 0.2) is 5.16 Å². The Kier molecular flexibility index (Phi) is 4.02. The maximum absolute atomic E-state index is 11.5. The van der Waals surface area contributed by atoms with Gasteiger partial charge in [0.05, 0.1) is 5.75 Å². The van der Waals surface area contributed by atoms with E-state index in [1.165, 1.54) is 23.1 Å². The lowest BCUT2D eigenvalue weighted by molar-refractivity contribution is 0.534. The number of nitrogens with zero attached hydrogens (tertiary/aromatic N) is 4. The smallest absolute Gasteiger partial charge is 0.344 e. The molecular weight excluding hydrogens is 272 g/mol. The normalized spacial score (nSPS) is 11.1. The second-order valence-electron chi connectivity index (χ2n) is 3.81. The molecule has 0 aliphatic heterocycles. The summed E-state index contributed by atoms with van der Waals surface area (Å²) in [6.45, 7) is 3.90. The molecule has 0 bridgehead atoms. The van der Waals surface area contributed by atoms with E-state index in [0.29, 0.717) is 10.9 Å². The molecule has 98 valence electrons. The van der Waals surface area contributed by atoms with Crippen LogP contribution in [0.15, 0.2) is 9.95 Å². The summed E-state index contributed by atoms with van der Waals surface area (Å²) in [5.74, 6) is 0.649. The van der Waals surface area contributed by atoms with Crippen LogP contribution in [0.25, 0.3) is 0 Å². The van der Waals surface area contributed by atoms with Crippen molar-refractivity contribution in [2.45, 2.75) is 30.8 Å². The maximum atomic E-state index is 11.5. The maximum Gasteiger partial charge on any atom is 0.344 e. The van der Waals surface area contributed by atoms with Gasteiger partial charge in [0.25, 0.3) is 0 Å². The molecule has 0 radical (unpaired) electrons. The van der Waals surface area contributed by atoms with E-state index in [1.807, 2.05) is 20.9 Å². The molecular formula is C9H14N6OS2. The number of aromatic amines is 1. The summed E-state index contributed by atoms with van der Waals surface area (Å²) in [5, 5.41) is 19.8. The van der Waals surface area contributed by atoms with Crippen LogP contribution in [0.3, 0.4) is 0 Å². The van der Waals surface area contributed by atoms with Gasteiger partial charge in [-0.3, -0.25) is 4.57 Å². The number of H-pyrrole nitrogens is 1. The Morgan fingerprint density at radius 1 is 1.50 bits per heavy atom. The molecule has 9 heteroatoms. The van der Waals surface area contributed by atoms with Crippen molar-refractivity contribution in [2.75, 3.05) is 12.4 Å². The summed E-state index contributed by atoms with van der Waals surface area (Å²) >= 11 is 2.97. The molecule has 0 amide bonds. The zero-order valence-corrected chi connectivity index (χ0v) is 11.9. The van der Waals surface area contributed by atoms with E-state index in [4.69, 9.17) is 0 Å². The van der Waals surface area contributed by atoms with Crippen LogP contribution < -0.4 is 11.0 Å². The lowest BCUT2D eigenvalue weighted by atomic mass is 10.4. The van der Waals surface area contributed by atoms with Crippen LogP contribution in [0.5, 0.6) is 0 Å². The molecule has 0 saturated heterocycles. The van der Waals surface area contributed by atoms with Crippen LogP contribution in [0.4, 0.5) is 5.13 Å². The Hall–Kier alpha value is -1.35. The fourth-order valence-corrected chi connectivity index (χ4v) is 3.14. The Balaban J connectivity index is 2.08. The highest BCUT2D eigenvalue weighted by Gasteiger charge is 2.13. The number of thioether (sulfide) groups is 1. The summed E-state index contributed by atoms with van der Waals surface area (Å²) in [6, 6.07) is 0.0843. The van der Waals surface area contributed by atoms with Crippen LogP contribution in [0.2, 0.25) is 0 Å². The Morgan fingerprint density at radius 3 is 2.89 bits per heavy atom. The predicted octanol–water partition coefficient (Wildman–Crippen LogP) is 1.34. The Morgan fingerprint density at radius 2 is 2.28 bits per heavy atom. The largest absolute Gasteiger partial charge is 0.363 e. The lowest BCUT2D eigenvalue weighted by Gasteiger charge is -2.07. The fourth-order valence-electron chi connectivity index (χ4n) is 1.39. The van der Waals surface area contributed by atoms with Gasteiger partial charge in [0, 0.05) is 13.1 Å². The molecule has 0 spiro atoms. The van der Waals surface area contributed by atoms with Crippen LogP contribution in [-0.2, 0) is 5.75 Å². The minimum atomic E-state index is -0.180. The van der Waals surface area contributed by atoms with Gasteiger partial charge in [-0.2, -0.15) is 0 Å². The van der Waals surface area contributed by atoms with Gasteiger partial charge in [-0.25, -0.2) is 9.89 Å². The standard InChI is InChI=1S/C9H14N6OS2/c1-5(2)15-8(16)13-14-9(15)17-4-6-11-12-7(10-3)18-6/h5H,4H2,1-3H3,(H,10,12)(H,13,16). The van der Waals surface area contributed by atoms with E-state index in [2.05, 4.69) is 25.7 Å². The molecule has 2 heterocycles. The zero-order chi connectivity index (χ0) is 13.1. The van der Waals surface area contributed by atoms with Crippen molar-refractivity contribution in [3.8, 4) is 0 Å². The number of aromatic nitrogens is 5. The average molecular weight is 286 g/mol. The van der Waals surface area contributed by atoms with Crippen molar-refractivity contribution < 1.29 is 0 Å². The first-order valence-corrected chi connectivity index (χ1v) is 7.22. The number of rotatable bonds is 5. The summed E-state index contributed by atoms with van der Waals surface area (Å²) in [6.07, 6.45) is 0. The van der Waals surface area contributed by atoms with Crippen LogP contribution in [0.1, 0.15) is 24.9 Å². The molecule has 2 aromatic rings. The molecule has 0 atom stereocenters. The van der Waals surface area contributed by atoms with Gasteiger partial charge in [-0.1, -0.05) is 23.1 Å². The molecule has 0 saturated carbocycles. The molecule has 2 rings (SSSR count). The summed E-state index contributed by atoms with van der Waals surface area (Å²) in [4.78, 5) is 11.5. The van der Waals surface area contributed by atoms with Crippen molar-refractivity contribution in [1.82, 2.24) is 25.0 Å². The van der Waals surface area contributed by atoms with Crippen molar-refractivity contribution in [3.05, 3.63) is 15.5 Å². The highest BCUT2D eigenvalue weighted by Crippen LogP contribution is 2.24. The van der Waals surface area contributed by atoms with E-state index in [9.17, 15) is 4.79 Å². The van der Waals surface area contributed by atoms with E-state index in [-0.39, 0.29) is 11.7 Å². The fraction of sp³-hybridized carbons (Fsp3) is 0.556. The lowest BCUT2D eigenvalue weighted by Crippen LogP contribution is -2.19. The molecule has 2 N–H and O–H groups in total. The zero-order valence-electron chi connectivity index (χ0n) is 10.3. The third kappa shape index (κ3) is 2.72. The first-order chi connectivity index (χ1) is 8.61. The van der Waals surface area contributed by atoms with E-state index >= 15 is 0 Å². The number of nitrogens with one attached hydrogen (secondary N) is 2. The Bertz CT molecular complexity index is 572. The number of hydrogen-bond donors (Lipinski definition) is 2. The first-order valence-electron chi connectivity index (χ1n) is 5.41. The summed E-state index contributed by atoms with van der Waals surface area (Å²) in [5.41, 5.74) is -0.180. The molecule has 2 aromatic heterocycles. The third-order valence-corrected chi connectivity index (χ3v) is 4.28. The highest BCUT2D eigenvalue weighted by molar-refractivity contribution is 7.98. The Labute approximate surface area is 112 Å². The van der Waals surface area contributed by atoms with Crippen molar-refractivity contribution in [1.29, 1.82) is 0 Å². The summed E-state index contributed by atoms with van der Waals surface area (Å²) < 4.78 is 1.63. The van der Waals surface area contributed by atoms with Gasteiger partial charge >= 0.3 is 5.69 Å². The van der Waals surface area contributed by atoms with Crippen LogP contribution in [0, 0.1) is 0 Å². The third-order valence-electron chi connectivity index (χ3n) is 2.19. The second-order valence-corrected chi connectivity index (χ2v) is 5.82. The monoisotopic (exact) mass is 286 g/mol. The van der Waals surface area contributed by atoms with E-state index in [0.717, 1.165) is 10.1 Å². The van der Waals surface area contributed by atoms with Crippen molar-refractivity contribution in [2.24, 2.45) is 0 Å². The van der Waals surface area contributed by atoms with Crippen molar-refractivity contribution >= 4 is 28.2 Å². The van der Waals surface area contributed by atoms with E-state index in [1.54, 1.807) is 4.57 Å². The van der Waals surface area contributed by atoms with Gasteiger partial charge in [-0.15, -0.1) is 15.3 Å². The highest BCUT2D eigenvalue weighted by atomic mass is 32.2. The molecule has 7 nitrogen and oxygen atoms in total. The second kappa shape index (κ2) is 5.53. The predicted molar refractivity (Wildman–Crippen MR) is 72.2 cm³/mol. The quantitative estimate of drug-likeness (QED) is 0.806. The minimum Gasteiger partial charge on any atom is -0.363 e. The van der Waals surface area contributed by atoms with Gasteiger partial charge in [0.2, 0.25) is 5.13 Å². The van der Waals surface area contributed by atoms with Gasteiger partial charge in [-0.05, 0) is 13.8 Å². The van der Waals surface area contributed by atoms with Crippen LogP contribution >= 0.6 is 23.1 Å². The van der Waals surface area contributed by atoms with Gasteiger partial charge in [0.1, 0.15) is 5.01 Å². The minimum absolute atomic E-state index is 0.0843. The number of hydrogen-bond acceptors (Lipinski definition) is 7. The van der Waals surface area contributed by atoms with E-state index < -0.39 is 0 Å². The average Bonchev–Trinajstić information content (AvgIpc) is 2.92. The summed E-state index contributed by atoms with van der Waals surface area (Å²) in [7, 11) is 1.81. The van der Waals surface area contributed by atoms with Crippen LogP contribution in [-0.4, -0.2) is 32.0 Å². The molecule has 0 fully saturated rings. The SMILES string of the molecule is CNc1nnc(CSc2n[nH]c(=O)n2C(C)C)s1. The van der Waals surface area contributed by atoms with Crippen molar-refractivity contribution in [3.63, 3.8) is 0 Å². The molecule has 0 aliphatic rings. The molecule has 18 heavy (non-hydrogen) atoms. The molecule has 0 aromatic carbocycles. The topological polar surface area (TPSA) is 88.5 Å². The first kappa shape index (κ1) is 13.1. The number of anilines is 1. The van der Waals surface area contributed by atoms with Gasteiger partial charge < -0.3 is 5.32 Å². The molecule has 0 unspecified atom stereocenters.